The predicted octanol–water partition coefficient (Wildman–Crippen LogP) is 3.28. The summed E-state index contributed by atoms with van der Waals surface area (Å²) >= 11 is 1.73. The fraction of sp³-hybridized carbons (Fsp3) is 0.786. The maximum absolute atomic E-state index is 5.89. The van der Waals surface area contributed by atoms with Gasteiger partial charge >= 0.3 is 0 Å². The van der Waals surface area contributed by atoms with Gasteiger partial charge in [0.05, 0.1) is 6.10 Å². The molecule has 0 amide bonds. The van der Waals surface area contributed by atoms with Crippen molar-refractivity contribution in [2.45, 2.75) is 58.1 Å². The average molecular weight is 268 g/mol. The van der Waals surface area contributed by atoms with Crippen LogP contribution in [0, 0.1) is 6.92 Å². The molecule has 0 saturated heterocycles. The summed E-state index contributed by atoms with van der Waals surface area (Å²) in [4.78, 5) is 4.43. The molecule has 3 nitrogen and oxygen atoms in total. The molecule has 1 saturated carbocycles. The van der Waals surface area contributed by atoms with E-state index in [1.807, 2.05) is 6.92 Å². The van der Waals surface area contributed by atoms with Gasteiger partial charge in [0.2, 0.25) is 0 Å². The molecule has 2 rings (SSSR count). The highest BCUT2D eigenvalue weighted by molar-refractivity contribution is 7.09. The SMILES string of the molecule is Cc1csc(CNCCCOC2CCCCC2)n1. The molecular weight excluding hydrogens is 244 g/mol. The highest BCUT2D eigenvalue weighted by atomic mass is 32.1. The van der Waals surface area contributed by atoms with Crippen molar-refractivity contribution < 1.29 is 4.74 Å². The van der Waals surface area contributed by atoms with Crippen molar-refractivity contribution in [1.29, 1.82) is 0 Å². The minimum Gasteiger partial charge on any atom is -0.378 e. The third-order valence-electron chi connectivity index (χ3n) is 3.35. The van der Waals surface area contributed by atoms with Gasteiger partial charge in [0.1, 0.15) is 5.01 Å². The van der Waals surface area contributed by atoms with Gasteiger partial charge in [-0.2, -0.15) is 0 Å². The lowest BCUT2D eigenvalue weighted by Crippen LogP contribution is -2.20. The van der Waals surface area contributed by atoms with E-state index < -0.39 is 0 Å². The Kier molecular flexibility index (Phi) is 6.11. The molecule has 0 atom stereocenters. The number of hydrogen-bond acceptors (Lipinski definition) is 4. The number of aromatic nitrogens is 1. The molecule has 0 radical (unpaired) electrons. The molecule has 0 unspecified atom stereocenters. The molecule has 18 heavy (non-hydrogen) atoms. The van der Waals surface area contributed by atoms with E-state index in [4.69, 9.17) is 4.74 Å². The second-order valence-electron chi connectivity index (χ2n) is 5.04. The van der Waals surface area contributed by atoms with Crippen molar-refractivity contribution in [2.24, 2.45) is 0 Å². The maximum atomic E-state index is 5.89. The number of ether oxygens (including phenoxy) is 1. The molecule has 1 N–H and O–H groups in total. The molecular formula is C14H24N2OS. The lowest BCUT2D eigenvalue weighted by molar-refractivity contribution is 0.0273. The summed E-state index contributed by atoms with van der Waals surface area (Å²) < 4.78 is 5.89. The van der Waals surface area contributed by atoms with Gasteiger partial charge in [-0.05, 0) is 32.7 Å². The maximum Gasteiger partial charge on any atom is 0.107 e. The Hall–Kier alpha value is -0.450. The van der Waals surface area contributed by atoms with Crippen LogP contribution in [-0.2, 0) is 11.3 Å². The molecule has 0 aromatic carbocycles. The molecule has 0 aliphatic heterocycles. The largest absolute Gasteiger partial charge is 0.378 e. The number of nitrogens with zero attached hydrogens (tertiary/aromatic N) is 1. The first-order valence-corrected chi connectivity index (χ1v) is 7.96. The van der Waals surface area contributed by atoms with E-state index in [2.05, 4.69) is 15.7 Å². The summed E-state index contributed by atoms with van der Waals surface area (Å²) in [5.74, 6) is 0. The van der Waals surface area contributed by atoms with Crippen LogP contribution in [0.4, 0.5) is 0 Å². The molecule has 0 bridgehead atoms. The lowest BCUT2D eigenvalue weighted by Gasteiger charge is -2.21. The zero-order valence-corrected chi connectivity index (χ0v) is 12.1. The normalized spacial score (nSPS) is 17.2. The second-order valence-corrected chi connectivity index (χ2v) is 5.99. The monoisotopic (exact) mass is 268 g/mol. The van der Waals surface area contributed by atoms with Crippen LogP contribution in [0.2, 0.25) is 0 Å². The van der Waals surface area contributed by atoms with Gasteiger partial charge in [0.15, 0.2) is 0 Å². The van der Waals surface area contributed by atoms with E-state index in [0.717, 1.165) is 31.8 Å². The van der Waals surface area contributed by atoms with Crippen molar-refractivity contribution in [1.82, 2.24) is 10.3 Å². The van der Waals surface area contributed by atoms with Crippen LogP contribution in [0.25, 0.3) is 0 Å². The highest BCUT2D eigenvalue weighted by Gasteiger charge is 2.12. The molecule has 1 heterocycles. The number of thiazole rings is 1. The van der Waals surface area contributed by atoms with Crippen molar-refractivity contribution >= 4 is 11.3 Å². The molecule has 102 valence electrons. The van der Waals surface area contributed by atoms with Crippen LogP contribution in [-0.4, -0.2) is 24.2 Å². The van der Waals surface area contributed by atoms with Crippen molar-refractivity contribution in [3.63, 3.8) is 0 Å². The Bertz CT molecular complexity index is 334. The zero-order valence-electron chi connectivity index (χ0n) is 11.3. The topological polar surface area (TPSA) is 34.1 Å². The second kappa shape index (κ2) is 7.87. The summed E-state index contributed by atoms with van der Waals surface area (Å²) in [5, 5.41) is 6.70. The van der Waals surface area contributed by atoms with E-state index in [0.29, 0.717) is 6.10 Å². The highest BCUT2D eigenvalue weighted by Crippen LogP contribution is 2.20. The van der Waals surface area contributed by atoms with E-state index >= 15 is 0 Å². The molecule has 1 aliphatic rings. The van der Waals surface area contributed by atoms with Gasteiger partial charge < -0.3 is 10.1 Å². The standard InChI is InChI=1S/C14H24N2OS/c1-12-11-18-14(16-12)10-15-8-5-9-17-13-6-3-2-4-7-13/h11,13,15H,2-10H2,1H3. The predicted molar refractivity (Wildman–Crippen MR) is 76.0 cm³/mol. The van der Waals surface area contributed by atoms with E-state index in [1.54, 1.807) is 11.3 Å². The van der Waals surface area contributed by atoms with Crippen LogP contribution in [0.3, 0.4) is 0 Å². The van der Waals surface area contributed by atoms with Crippen molar-refractivity contribution in [2.75, 3.05) is 13.2 Å². The Morgan fingerprint density at radius 1 is 1.39 bits per heavy atom. The number of nitrogens with one attached hydrogen (secondary N) is 1. The molecule has 1 aliphatic carbocycles. The number of rotatable bonds is 7. The minimum atomic E-state index is 0.542. The summed E-state index contributed by atoms with van der Waals surface area (Å²) in [7, 11) is 0. The summed E-state index contributed by atoms with van der Waals surface area (Å²) in [6.45, 7) is 4.85. The third-order valence-corrected chi connectivity index (χ3v) is 4.31. The minimum absolute atomic E-state index is 0.542. The van der Waals surface area contributed by atoms with Crippen LogP contribution in [0.1, 0.15) is 49.2 Å². The van der Waals surface area contributed by atoms with E-state index in [1.165, 1.54) is 37.1 Å². The van der Waals surface area contributed by atoms with Crippen molar-refractivity contribution in [3.05, 3.63) is 16.1 Å². The first-order valence-electron chi connectivity index (χ1n) is 7.08. The Morgan fingerprint density at radius 3 is 2.94 bits per heavy atom. The third kappa shape index (κ3) is 5.04. The van der Waals surface area contributed by atoms with Gasteiger partial charge in [-0.15, -0.1) is 11.3 Å². The molecule has 0 spiro atoms. The zero-order chi connectivity index (χ0) is 12.6. The van der Waals surface area contributed by atoms with Gasteiger partial charge in [-0.1, -0.05) is 19.3 Å². The van der Waals surface area contributed by atoms with Crippen LogP contribution < -0.4 is 5.32 Å². The first kappa shape index (κ1) is 14.0. The first-order chi connectivity index (χ1) is 8.84. The smallest absolute Gasteiger partial charge is 0.107 e. The quantitative estimate of drug-likeness (QED) is 0.771. The van der Waals surface area contributed by atoms with Gasteiger partial charge in [-0.3, -0.25) is 0 Å². The fourth-order valence-corrected chi connectivity index (χ4v) is 3.10. The Labute approximate surface area is 114 Å². The number of hydrogen-bond donors (Lipinski definition) is 1. The Balaban J connectivity index is 1.46. The summed E-state index contributed by atoms with van der Waals surface area (Å²) in [6, 6.07) is 0. The molecule has 1 aromatic rings. The molecule has 1 aromatic heterocycles. The van der Waals surface area contributed by atoms with Gasteiger partial charge in [-0.25, -0.2) is 4.98 Å². The fourth-order valence-electron chi connectivity index (χ4n) is 2.36. The van der Waals surface area contributed by atoms with Crippen LogP contribution >= 0.6 is 11.3 Å². The average Bonchev–Trinajstić information content (AvgIpc) is 2.81. The van der Waals surface area contributed by atoms with Gasteiger partial charge in [0, 0.05) is 24.2 Å². The lowest BCUT2D eigenvalue weighted by atomic mass is 9.98. The van der Waals surface area contributed by atoms with Crippen LogP contribution in [0.15, 0.2) is 5.38 Å². The van der Waals surface area contributed by atoms with Gasteiger partial charge in [0.25, 0.3) is 0 Å². The summed E-state index contributed by atoms with van der Waals surface area (Å²) in [6.07, 6.45) is 8.28. The van der Waals surface area contributed by atoms with E-state index in [9.17, 15) is 0 Å². The summed E-state index contributed by atoms with van der Waals surface area (Å²) in [5.41, 5.74) is 1.12. The van der Waals surface area contributed by atoms with Crippen LogP contribution in [0.5, 0.6) is 0 Å². The van der Waals surface area contributed by atoms with E-state index in [-0.39, 0.29) is 0 Å². The Morgan fingerprint density at radius 2 is 2.22 bits per heavy atom. The van der Waals surface area contributed by atoms with Crippen molar-refractivity contribution in [3.8, 4) is 0 Å². The molecule has 1 fully saturated rings. The molecule has 4 heteroatoms. The number of aryl methyl sites for hydroxylation is 1.